The first kappa shape index (κ1) is 22.0. The van der Waals surface area contributed by atoms with Gasteiger partial charge in [0.15, 0.2) is 0 Å². The van der Waals surface area contributed by atoms with Gasteiger partial charge >= 0.3 is 6.18 Å². The monoisotopic (exact) mass is 447 g/mol. The van der Waals surface area contributed by atoms with E-state index in [1.807, 2.05) is 11.0 Å². The SMILES string of the molecule is O=C(CCC(=O)N1CCOc2ccccc21)Nc1cc(C(F)(F)F)ccc1N1CCCC1. The number of carbonyl (C=O) groups is 2. The van der Waals surface area contributed by atoms with E-state index in [-0.39, 0.29) is 24.4 Å². The van der Waals surface area contributed by atoms with Crippen LogP contribution in [0.4, 0.5) is 30.2 Å². The molecule has 0 bridgehead atoms. The maximum absolute atomic E-state index is 13.2. The van der Waals surface area contributed by atoms with Crippen LogP contribution in [0, 0.1) is 0 Å². The lowest BCUT2D eigenvalue weighted by Crippen LogP contribution is -2.38. The van der Waals surface area contributed by atoms with Crippen molar-refractivity contribution in [3.63, 3.8) is 0 Å². The molecule has 1 saturated heterocycles. The van der Waals surface area contributed by atoms with E-state index in [1.165, 1.54) is 6.07 Å². The van der Waals surface area contributed by atoms with Crippen LogP contribution in [0.3, 0.4) is 0 Å². The van der Waals surface area contributed by atoms with Gasteiger partial charge in [0.25, 0.3) is 0 Å². The van der Waals surface area contributed by atoms with Gasteiger partial charge in [0.1, 0.15) is 12.4 Å². The van der Waals surface area contributed by atoms with Crippen LogP contribution in [-0.4, -0.2) is 38.1 Å². The maximum Gasteiger partial charge on any atom is 0.416 e. The highest BCUT2D eigenvalue weighted by atomic mass is 19.4. The van der Waals surface area contributed by atoms with Gasteiger partial charge in [-0.3, -0.25) is 9.59 Å². The van der Waals surface area contributed by atoms with Gasteiger partial charge in [-0.25, -0.2) is 0 Å². The van der Waals surface area contributed by atoms with E-state index in [0.29, 0.717) is 30.3 Å². The Balaban J connectivity index is 1.44. The van der Waals surface area contributed by atoms with Gasteiger partial charge in [0.2, 0.25) is 11.8 Å². The molecule has 1 N–H and O–H groups in total. The summed E-state index contributed by atoms with van der Waals surface area (Å²) in [6.07, 6.45) is -2.80. The van der Waals surface area contributed by atoms with Crippen molar-refractivity contribution in [2.24, 2.45) is 0 Å². The summed E-state index contributed by atoms with van der Waals surface area (Å²) in [5.74, 6) is -0.129. The predicted octanol–water partition coefficient (Wildman–Crippen LogP) is 4.45. The molecular weight excluding hydrogens is 423 g/mol. The second-order valence-corrected chi connectivity index (χ2v) is 7.83. The molecule has 32 heavy (non-hydrogen) atoms. The van der Waals surface area contributed by atoms with Crippen LogP contribution in [0.2, 0.25) is 0 Å². The van der Waals surface area contributed by atoms with Gasteiger partial charge in [-0.05, 0) is 43.2 Å². The highest BCUT2D eigenvalue weighted by molar-refractivity contribution is 6.00. The van der Waals surface area contributed by atoms with Crippen molar-refractivity contribution < 1.29 is 27.5 Å². The third kappa shape index (κ3) is 4.81. The third-order valence-electron chi connectivity index (χ3n) is 5.64. The van der Waals surface area contributed by atoms with E-state index < -0.39 is 17.6 Å². The van der Waals surface area contributed by atoms with Crippen LogP contribution in [0.1, 0.15) is 31.2 Å². The molecule has 2 aromatic rings. The third-order valence-corrected chi connectivity index (χ3v) is 5.64. The first-order chi connectivity index (χ1) is 15.3. The highest BCUT2D eigenvalue weighted by Gasteiger charge is 2.32. The zero-order chi connectivity index (χ0) is 22.7. The average Bonchev–Trinajstić information content (AvgIpc) is 3.31. The predicted molar refractivity (Wildman–Crippen MR) is 115 cm³/mol. The van der Waals surface area contributed by atoms with Crippen molar-refractivity contribution in [3.8, 4) is 5.75 Å². The largest absolute Gasteiger partial charge is 0.490 e. The summed E-state index contributed by atoms with van der Waals surface area (Å²) < 4.78 is 45.2. The lowest BCUT2D eigenvalue weighted by Gasteiger charge is -2.29. The Bertz CT molecular complexity index is 1000. The number of hydrogen-bond donors (Lipinski definition) is 1. The number of anilines is 3. The number of para-hydroxylation sites is 2. The Hall–Kier alpha value is -3.23. The summed E-state index contributed by atoms with van der Waals surface area (Å²) >= 11 is 0. The van der Waals surface area contributed by atoms with Crippen molar-refractivity contribution >= 4 is 28.9 Å². The van der Waals surface area contributed by atoms with Crippen molar-refractivity contribution in [3.05, 3.63) is 48.0 Å². The standard InChI is InChI=1S/C23H24F3N3O3/c24-23(25,26)16-7-8-18(28-11-3-4-12-28)17(15-16)27-21(30)9-10-22(31)29-13-14-32-20-6-2-1-5-19(20)29/h1-2,5-8,15H,3-4,9-14H2,(H,27,30). The van der Waals surface area contributed by atoms with E-state index in [0.717, 1.165) is 38.1 Å². The van der Waals surface area contributed by atoms with Crippen LogP contribution < -0.4 is 19.9 Å². The molecule has 0 aromatic heterocycles. The zero-order valence-corrected chi connectivity index (χ0v) is 17.5. The number of carbonyl (C=O) groups excluding carboxylic acids is 2. The normalized spacial score (nSPS) is 15.8. The lowest BCUT2D eigenvalue weighted by atomic mass is 10.1. The summed E-state index contributed by atoms with van der Waals surface area (Å²) in [5, 5.41) is 2.60. The molecule has 0 aliphatic carbocycles. The number of halogens is 3. The number of nitrogens with one attached hydrogen (secondary N) is 1. The van der Waals surface area contributed by atoms with E-state index in [1.54, 1.807) is 23.1 Å². The van der Waals surface area contributed by atoms with Crippen LogP contribution >= 0.6 is 0 Å². The van der Waals surface area contributed by atoms with Crippen molar-refractivity contribution in [1.29, 1.82) is 0 Å². The molecule has 2 aliphatic rings. The Kier molecular flexibility index (Phi) is 6.25. The molecule has 2 aromatic carbocycles. The smallest absolute Gasteiger partial charge is 0.416 e. The summed E-state index contributed by atoms with van der Waals surface area (Å²) in [4.78, 5) is 28.8. The number of nitrogens with zero attached hydrogens (tertiary/aromatic N) is 2. The Morgan fingerprint density at radius 3 is 2.47 bits per heavy atom. The lowest BCUT2D eigenvalue weighted by molar-refractivity contribution is -0.137. The van der Waals surface area contributed by atoms with E-state index in [2.05, 4.69) is 5.32 Å². The number of fused-ring (bicyclic) bond motifs is 1. The summed E-state index contributed by atoms with van der Waals surface area (Å²) in [6.45, 7) is 2.19. The van der Waals surface area contributed by atoms with Gasteiger partial charge in [-0.2, -0.15) is 13.2 Å². The number of alkyl halides is 3. The van der Waals surface area contributed by atoms with E-state index >= 15 is 0 Å². The molecule has 0 radical (unpaired) electrons. The molecule has 0 spiro atoms. The highest BCUT2D eigenvalue weighted by Crippen LogP contribution is 2.37. The number of benzene rings is 2. The molecular formula is C23H24F3N3O3. The summed E-state index contributed by atoms with van der Waals surface area (Å²) in [6, 6.07) is 10.6. The zero-order valence-electron chi connectivity index (χ0n) is 17.5. The first-order valence-corrected chi connectivity index (χ1v) is 10.6. The topological polar surface area (TPSA) is 61.9 Å². The van der Waals surface area contributed by atoms with E-state index in [9.17, 15) is 22.8 Å². The first-order valence-electron chi connectivity index (χ1n) is 10.6. The van der Waals surface area contributed by atoms with Crippen molar-refractivity contribution in [2.75, 3.05) is 41.4 Å². The minimum Gasteiger partial charge on any atom is -0.490 e. The quantitative estimate of drug-likeness (QED) is 0.736. The van der Waals surface area contributed by atoms with Crippen LogP contribution in [-0.2, 0) is 15.8 Å². The number of hydrogen-bond acceptors (Lipinski definition) is 4. The summed E-state index contributed by atoms with van der Waals surface area (Å²) in [7, 11) is 0. The molecule has 9 heteroatoms. The molecule has 0 saturated carbocycles. The second-order valence-electron chi connectivity index (χ2n) is 7.83. The second kappa shape index (κ2) is 9.10. The molecule has 2 aliphatic heterocycles. The Morgan fingerprint density at radius 2 is 1.72 bits per heavy atom. The van der Waals surface area contributed by atoms with Crippen LogP contribution in [0.5, 0.6) is 5.75 Å². The van der Waals surface area contributed by atoms with E-state index in [4.69, 9.17) is 4.74 Å². The van der Waals surface area contributed by atoms with Gasteiger partial charge in [0.05, 0.1) is 29.2 Å². The van der Waals surface area contributed by atoms with Gasteiger partial charge < -0.3 is 19.9 Å². The molecule has 4 rings (SSSR count). The molecule has 1 fully saturated rings. The van der Waals surface area contributed by atoms with Gasteiger partial charge in [-0.15, -0.1) is 0 Å². The molecule has 2 heterocycles. The Morgan fingerprint density at radius 1 is 0.969 bits per heavy atom. The minimum atomic E-state index is -4.51. The molecule has 0 atom stereocenters. The fourth-order valence-electron chi connectivity index (χ4n) is 4.04. The number of rotatable bonds is 5. The molecule has 0 unspecified atom stereocenters. The Labute approximate surface area is 183 Å². The molecule has 2 amide bonds. The van der Waals surface area contributed by atoms with Gasteiger partial charge in [-0.1, -0.05) is 12.1 Å². The van der Waals surface area contributed by atoms with Crippen LogP contribution in [0.15, 0.2) is 42.5 Å². The fraction of sp³-hybridized carbons (Fsp3) is 0.391. The minimum absolute atomic E-state index is 0.0574. The number of ether oxygens (including phenoxy) is 1. The fourth-order valence-corrected chi connectivity index (χ4v) is 4.04. The van der Waals surface area contributed by atoms with Crippen LogP contribution in [0.25, 0.3) is 0 Å². The molecule has 170 valence electrons. The molecule has 6 nitrogen and oxygen atoms in total. The number of amides is 2. The van der Waals surface area contributed by atoms with Crippen molar-refractivity contribution in [2.45, 2.75) is 31.9 Å². The van der Waals surface area contributed by atoms with Gasteiger partial charge in [0, 0.05) is 25.9 Å². The average molecular weight is 447 g/mol. The summed E-state index contributed by atoms with van der Waals surface area (Å²) in [5.41, 5.74) is 0.517. The van der Waals surface area contributed by atoms with Crippen molar-refractivity contribution in [1.82, 2.24) is 0 Å². The maximum atomic E-state index is 13.2.